The first-order chi connectivity index (χ1) is 11.7. The topological polar surface area (TPSA) is 42.2 Å². The van der Waals surface area contributed by atoms with Crippen LogP contribution in [0.25, 0.3) is 22.9 Å². The second-order valence-corrected chi connectivity index (χ2v) is 6.04. The van der Waals surface area contributed by atoms with E-state index in [-0.39, 0.29) is 0 Å². The fraction of sp³-hybridized carbons (Fsp3) is 0.158. The highest BCUT2D eigenvalue weighted by atomic mass is 35.5. The highest BCUT2D eigenvalue weighted by molar-refractivity contribution is 6.30. The van der Waals surface area contributed by atoms with E-state index in [0.29, 0.717) is 16.8 Å². The van der Waals surface area contributed by atoms with E-state index in [9.17, 15) is 0 Å². The van der Waals surface area contributed by atoms with Crippen molar-refractivity contribution < 1.29 is 4.42 Å². The lowest BCUT2D eigenvalue weighted by molar-refractivity contribution is 0.364. The summed E-state index contributed by atoms with van der Waals surface area (Å²) in [7, 11) is 2.06. The highest BCUT2D eigenvalue weighted by Gasteiger charge is 2.10. The molecule has 5 heteroatoms. The van der Waals surface area contributed by atoms with Gasteiger partial charge in [-0.05, 0) is 49.0 Å². The van der Waals surface area contributed by atoms with Crippen LogP contribution in [0.15, 0.2) is 65.6 Å². The van der Waals surface area contributed by atoms with Crippen LogP contribution in [0, 0.1) is 0 Å². The van der Waals surface area contributed by atoms with Gasteiger partial charge in [-0.3, -0.25) is 4.90 Å². The molecule has 0 fully saturated rings. The van der Waals surface area contributed by atoms with Gasteiger partial charge in [0.1, 0.15) is 0 Å². The van der Waals surface area contributed by atoms with Gasteiger partial charge in [-0.1, -0.05) is 29.8 Å². The van der Waals surface area contributed by atoms with Crippen LogP contribution in [0.2, 0.25) is 5.02 Å². The molecule has 2 aromatic carbocycles. The molecule has 0 saturated carbocycles. The first-order valence-corrected chi connectivity index (χ1v) is 8.01. The van der Waals surface area contributed by atoms with E-state index >= 15 is 0 Å². The molecule has 1 aromatic heterocycles. The van der Waals surface area contributed by atoms with E-state index in [1.54, 1.807) is 12.1 Å². The number of benzene rings is 2. The Bertz CT molecular complexity index is 809. The van der Waals surface area contributed by atoms with E-state index in [1.165, 1.54) is 5.56 Å². The quantitative estimate of drug-likeness (QED) is 0.612. The molecule has 0 saturated heterocycles. The molecule has 4 nitrogen and oxygen atoms in total. The van der Waals surface area contributed by atoms with Crippen molar-refractivity contribution in [3.63, 3.8) is 0 Å². The summed E-state index contributed by atoms with van der Waals surface area (Å²) in [5.74, 6) is 0.988. The Morgan fingerprint density at radius 2 is 1.54 bits per heavy atom. The smallest absolute Gasteiger partial charge is 0.248 e. The van der Waals surface area contributed by atoms with Crippen molar-refractivity contribution in [2.75, 3.05) is 13.6 Å². The first-order valence-electron chi connectivity index (χ1n) is 7.64. The van der Waals surface area contributed by atoms with Gasteiger partial charge in [0.15, 0.2) is 0 Å². The Balaban J connectivity index is 1.75. The molecule has 0 aliphatic rings. The van der Waals surface area contributed by atoms with Crippen molar-refractivity contribution in [3.05, 3.63) is 71.8 Å². The molecule has 0 spiro atoms. The van der Waals surface area contributed by atoms with Crippen molar-refractivity contribution >= 4 is 11.6 Å². The average Bonchev–Trinajstić information content (AvgIpc) is 3.06. The molecule has 24 heavy (non-hydrogen) atoms. The SMILES string of the molecule is C=CCN(C)Cc1ccc(-c2nnc(-c3ccc(Cl)cc3)o2)cc1. The molecule has 0 aliphatic carbocycles. The number of hydrogen-bond donors (Lipinski definition) is 0. The molecule has 0 unspecified atom stereocenters. The van der Waals surface area contributed by atoms with Gasteiger partial charge in [0.05, 0.1) is 0 Å². The van der Waals surface area contributed by atoms with E-state index in [0.717, 1.165) is 24.2 Å². The van der Waals surface area contributed by atoms with E-state index in [4.69, 9.17) is 16.0 Å². The lowest BCUT2D eigenvalue weighted by Gasteiger charge is -2.14. The summed E-state index contributed by atoms with van der Waals surface area (Å²) in [6.07, 6.45) is 1.89. The largest absolute Gasteiger partial charge is 0.416 e. The number of halogens is 1. The summed E-state index contributed by atoms with van der Waals surface area (Å²) in [6, 6.07) is 15.5. The number of rotatable bonds is 6. The van der Waals surface area contributed by atoms with Crippen LogP contribution >= 0.6 is 11.6 Å². The Labute approximate surface area is 146 Å². The van der Waals surface area contributed by atoms with Crippen molar-refractivity contribution in [2.45, 2.75) is 6.54 Å². The predicted octanol–water partition coefficient (Wildman–Crippen LogP) is 4.67. The first kappa shape index (κ1) is 16.4. The number of nitrogens with zero attached hydrogens (tertiary/aromatic N) is 3. The zero-order valence-electron chi connectivity index (χ0n) is 13.4. The van der Waals surface area contributed by atoms with Gasteiger partial charge < -0.3 is 4.42 Å². The van der Waals surface area contributed by atoms with Gasteiger partial charge in [-0.15, -0.1) is 16.8 Å². The highest BCUT2D eigenvalue weighted by Crippen LogP contribution is 2.25. The van der Waals surface area contributed by atoms with E-state index < -0.39 is 0 Å². The van der Waals surface area contributed by atoms with Crippen molar-refractivity contribution in [1.29, 1.82) is 0 Å². The van der Waals surface area contributed by atoms with Gasteiger partial charge in [0, 0.05) is 29.2 Å². The Kier molecular flexibility index (Phi) is 5.08. The maximum Gasteiger partial charge on any atom is 0.248 e. The summed E-state index contributed by atoms with van der Waals surface area (Å²) in [4.78, 5) is 2.19. The van der Waals surface area contributed by atoms with Crippen LogP contribution in [0.4, 0.5) is 0 Å². The van der Waals surface area contributed by atoms with Crippen LogP contribution in [-0.4, -0.2) is 28.7 Å². The van der Waals surface area contributed by atoms with Gasteiger partial charge >= 0.3 is 0 Å². The normalized spacial score (nSPS) is 11.0. The minimum atomic E-state index is 0.483. The monoisotopic (exact) mass is 339 g/mol. The average molecular weight is 340 g/mol. The van der Waals surface area contributed by atoms with Crippen LogP contribution in [-0.2, 0) is 6.54 Å². The maximum absolute atomic E-state index is 5.90. The van der Waals surface area contributed by atoms with Gasteiger partial charge in [-0.2, -0.15) is 0 Å². The van der Waals surface area contributed by atoms with E-state index in [2.05, 4.69) is 40.9 Å². The van der Waals surface area contributed by atoms with E-state index in [1.807, 2.05) is 30.3 Å². The number of aromatic nitrogens is 2. The molecule has 0 aliphatic heterocycles. The second-order valence-electron chi connectivity index (χ2n) is 5.60. The fourth-order valence-corrected chi connectivity index (χ4v) is 2.52. The summed E-state index contributed by atoms with van der Waals surface area (Å²) in [5.41, 5.74) is 2.97. The zero-order chi connectivity index (χ0) is 16.9. The van der Waals surface area contributed by atoms with Crippen LogP contribution in [0.1, 0.15) is 5.56 Å². The van der Waals surface area contributed by atoms with Crippen molar-refractivity contribution in [1.82, 2.24) is 15.1 Å². The molecule has 0 amide bonds. The zero-order valence-corrected chi connectivity index (χ0v) is 14.2. The fourth-order valence-electron chi connectivity index (χ4n) is 2.40. The predicted molar refractivity (Wildman–Crippen MR) is 96.7 cm³/mol. The molecular weight excluding hydrogens is 322 g/mol. The third-order valence-electron chi connectivity index (χ3n) is 3.61. The number of hydrogen-bond acceptors (Lipinski definition) is 4. The van der Waals surface area contributed by atoms with Crippen molar-refractivity contribution in [2.24, 2.45) is 0 Å². The third kappa shape index (κ3) is 3.91. The number of likely N-dealkylation sites (N-methyl/N-ethyl adjacent to an activating group) is 1. The molecule has 1 heterocycles. The summed E-state index contributed by atoms with van der Waals surface area (Å²) >= 11 is 5.90. The summed E-state index contributed by atoms with van der Waals surface area (Å²) in [5, 5.41) is 8.92. The molecule has 3 rings (SSSR count). The standard InChI is InChI=1S/C19H18ClN3O/c1-3-12-23(2)13-14-4-6-15(7-5-14)18-21-22-19(24-18)16-8-10-17(20)11-9-16/h3-11H,1,12-13H2,2H3. The second kappa shape index (κ2) is 7.43. The Morgan fingerprint density at radius 3 is 2.08 bits per heavy atom. The minimum absolute atomic E-state index is 0.483. The summed E-state index contributed by atoms with van der Waals surface area (Å²) in [6.45, 7) is 5.48. The summed E-state index contributed by atoms with van der Waals surface area (Å²) < 4.78 is 5.77. The molecule has 0 atom stereocenters. The van der Waals surface area contributed by atoms with Crippen molar-refractivity contribution in [3.8, 4) is 22.9 Å². The Hall–Kier alpha value is -2.43. The molecule has 0 radical (unpaired) electrons. The molecule has 0 bridgehead atoms. The van der Waals surface area contributed by atoms with Crippen LogP contribution in [0.5, 0.6) is 0 Å². The van der Waals surface area contributed by atoms with Gasteiger partial charge in [-0.25, -0.2) is 0 Å². The molecular formula is C19H18ClN3O. The minimum Gasteiger partial charge on any atom is -0.416 e. The molecule has 3 aromatic rings. The van der Waals surface area contributed by atoms with Crippen LogP contribution in [0.3, 0.4) is 0 Å². The Morgan fingerprint density at radius 1 is 1.00 bits per heavy atom. The van der Waals surface area contributed by atoms with Crippen LogP contribution < -0.4 is 0 Å². The molecule has 0 N–H and O–H groups in total. The lowest BCUT2D eigenvalue weighted by atomic mass is 10.1. The van der Waals surface area contributed by atoms with Gasteiger partial charge in [0.2, 0.25) is 11.8 Å². The van der Waals surface area contributed by atoms with Gasteiger partial charge in [0.25, 0.3) is 0 Å². The molecule has 122 valence electrons. The maximum atomic E-state index is 5.90. The third-order valence-corrected chi connectivity index (χ3v) is 3.86. The lowest BCUT2D eigenvalue weighted by Crippen LogP contribution is -2.17.